The van der Waals surface area contributed by atoms with E-state index in [0.717, 1.165) is 42.6 Å². The summed E-state index contributed by atoms with van der Waals surface area (Å²) in [5.74, 6) is -0.189. The van der Waals surface area contributed by atoms with Gasteiger partial charge in [0.15, 0.2) is 0 Å². The summed E-state index contributed by atoms with van der Waals surface area (Å²) in [6.45, 7) is 10.9. The van der Waals surface area contributed by atoms with Gasteiger partial charge in [-0.25, -0.2) is 4.39 Å². The van der Waals surface area contributed by atoms with Crippen LogP contribution in [-0.2, 0) is 6.54 Å². The van der Waals surface area contributed by atoms with Crippen molar-refractivity contribution < 1.29 is 4.39 Å². The van der Waals surface area contributed by atoms with E-state index in [2.05, 4.69) is 46.9 Å². The van der Waals surface area contributed by atoms with Crippen LogP contribution in [0.2, 0.25) is 0 Å². The third kappa shape index (κ3) is 4.27. The van der Waals surface area contributed by atoms with Gasteiger partial charge in [-0.05, 0) is 42.6 Å². The first-order chi connectivity index (χ1) is 9.36. The number of benzene rings is 1. The van der Waals surface area contributed by atoms with Gasteiger partial charge in [-0.3, -0.25) is 4.90 Å². The molecule has 1 heterocycles. The van der Waals surface area contributed by atoms with Crippen molar-refractivity contribution in [3.8, 4) is 0 Å². The van der Waals surface area contributed by atoms with E-state index >= 15 is 0 Å². The average molecular weight is 343 g/mol. The highest BCUT2D eigenvalue weighted by Gasteiger charge is 2.28. The van der Waals surface area contributed by atoms with Crippen molar-refractivity contribution in [2.45, 2.75) is 39.8 Å². The second-order valence-corrected chi connectivity index (χ2v) is 7.55. The Balaban J connectivity index is 2.07. The lowest BCUT2D eigenvalue weighted by Crippen LogP contribution is -2.46. The topological polar surface area (TPSA) is 15.3 Å². The monoisotopic (exact) mass is 342 g/mol. The molecule has 1 saturated heterocycles. The van der Waals surface area contributed by atoms with E-state index in [9.17, 15) is 4.39 Å². The summed E-state index contributed by atoms with van der Waals surface area (Å²) >= 11 is 3.47. The number of nitrogens with zero attached hydrogens (tertiary/aromatic N) is 1. The zero-order valence-corrected chi connectivity index (χ0v) is 14.1. The van der Waals surface area contributed by atoms with Gasteiger partial charge < -0.3 is 5.32 Å². The molecule has 0 radical (unpaired) electrons. The lowest BCUT2D eigenvalue weighted by atomic mass is 9.86. The van der Waals surface area contributed by atoms with Crippen LogP contribution in [0.15, 0.2) is 22.7 Å². The van der Waals surface area contributed by atoms with Crippen LogP contribution in [0.25, 0.3) is 0 Å². The zero-order chi connectivity index (χ0) is 14.8. The van der Waals surface area contributed by atoms with Gasteiger partial charge in [0.05, 0.1) is 0 Å². The zero-order valence-electron chi connectivity index (χ0n) is 12.5. The van der Waals surface area contributed by atoms with Crippen LogP contribution in [0, 0.1) is 11.2 Å². The van der Waals surface area contributed by atoms with Crippen LogP contribution in [0.5, 0.6) is 0 Å². The molecule has 1 N–H and O–H groups in total. The lowest BCUT2D eigenvalue weighted by molar-refractivity contribution is 0.192. The molecule has 1 fully saturated rings. The fourth-order valence-electron chi connectivity index (χ4n) is 2.61. The van der Waals surface area contributed by atoms with Crippen molar-refractivity contribution >= 4 is 15.9 Å². The van der Waals surface area contributed by atoms with E-state index in [-0.39, 0.29) is 11.2 Å². The van der Waals surface area contributed by atoms with E-state index in [1.165, 1.54) is 6.07 Å². The number of nitrogens with one attached hydrogen (secondary N) is 1. The summed E-state index contributed by atoms with van der Waals surface area (Å²) in [5.41, 5.74) is 1.41. The minimum Gasteiger partial charge on any atom is -0.312 e. The molecule has 0 aromatic heterocycles. The smallest absolute Gasteiger partial charge is 0.124 e. The molecule has 1 unspecified atom stereocenters. The minimum absolute atomic E-state index is 0.189. The van der Waals surface area contributed by atoms with Crippen molar-refractivity contribution in [3.05, 3.63) is 34.1 Å². The largest absolute Gasteiger partial charge is 0.312 e. The molecule has 0 saturated carbocycles. The second-order valence-electron chi connectivity index (χ2n) is 6.70. The Morgan fingerprint density at radius 1 is 1.40 bits per heavy atom. The summed E-state index contributed by atoms with van der Waals surface area (Å²) in [6, 6.07) is 5.46. The van der Waals surface area contributed by atoms with E-state index < -0.39 is 0 Å². The maximum atomic E-state index is 13.2. The molecule has 0 bridgehead atoms. The van der Waals surface area contributed by atoms with Gasteiger partial charge in [-0.1, -0.05) is 42.8 Å². The molecule has 4 heteroatoms. The third-order valence-electron chi connectivity index (χ3n) is 3.94. The molecular weight excluding hydrogens is 319 g/mol. The van der Waals surface area contributed by atoms with Crippen LogP contribution in [0.4, 0.5) is 4.39 Å². The van der Waals surface area contributed by atoms with Gasteiger partial charge >= 0.3 is 0 Å². The highest BCUT2D eigenvalue weighted by Crippen LogP contribution is 2.24. The van der Waals surface area contributed by atoms with Gasteiger partial charge in [-0.2, -0.15) is 0 Å². The maximum Gasteiger partial charge on any atom is 0.124 e. The highest BCUT2D eigenvalue weighted by molar-refractivity contribution is 9.10. The molecule has 0 aliphatic carbocycles. The molecule has 0 amide bonds. The molecule has 2 nitrogen and oxygen atoms in total. The van der Waals surface area contributed by atoms with Crippen LogP contribution in [0.3, 0.4) is 0 Å². The predicted octanol–water partition coefficient (Wildman–Crippen LogP) is 3.80. The SMILES string of the molecule is CC(C)(C)C1CN(Cc2ccc(F)cc2Br)CCCN1. The van der Waals surface area contributed by atoms with Crippen molar-refractivity contribution in [3.63, 3.8) is 0 Å². The molecule has 1 atom stereocenters. The Hall–Kier alpha value is -0.450. The molecule has 1 aliphatic heterocycles. The van der Waals surface area contributed by atoms with Gasteiger partial charge in [0.25, 0.3) is 0 Å². The molecule has 0 spiro atoms. The molecule has 1 aliphatic rings. The first-order valence-corrected chi connectivity index (χ1v) is 8.05. The quantitative estimate of drug-likeness (QED) is 0.879. The van der Waals surface area contributed by atoms with Crippen molar-refractivity contribution in [2.24, 2.45) is 5.41 Å². The van der Waals surface area contributed by atoms with Gasteiger partial charge in [-0.15, -0.1) is 0 Å². The Morgan fingerprint density at radius 2 is 2.15 bits per heavy atom. The summed E-state index contributed by atoms with van der Waals surface area (Å²) in [5, 5.41) is 3.65. The summed E-state index contributed by atoms with van der Waals surface area (Å²) in [6.07, 6.45) is 1.16. The number of hydrogen-bond donors (Lipinski definition) is 1. The molecule has 2 rings (SSSR count). The van der Waals surface area contributed by atoms with Gasteiger partial charge in [0, 0.05) is 23.6 Å². The summed E-state index contributed by atoms with van der Waals surface area (Å²) in [4.78, 5) is 2.47. The number of halogens is 2. The first kappa shape index (κ1) is 15.9. The van der Waals surface area contributed by atoms with E-state index in [0.29, 0.717) is 6.04 Å². The average Bonchev–Trinajstić information content (AvgIpc) is 2.58. The Kier molecular flexibility index (Phi) is 5.21. The Labute approximate surface area is 129 Å². The van der Waals surface area contributed by atoms with Crippen molar-refractivity contribution in [2.75, 3.05) is 19.6 Å². The molecule has 112 valence electrons. The standard InChI is InChI=1S/C16H24BrFN2/c1-16(2,3)15-11-20(8-4-7-19-15)10-12-5-6-13(18)9-14(12)17/h5-6,9,15,19H,4,7-8,10-11H2,1-3H3. The fraction of sp³-hybridized carbons (Fsp3) is 0.625. The van der Waals surface area contributed by atoms with E-state index in [1.54, 1.807) is 6.07 Å². The van der Waals surface area contributed by atoms with Crippen LogP contribution in [-0.4, -0.2) is 30.6 Å². The summed E-state index contributed by atoms with van der Waals surface area (Å²) < 4.78 is 14.0. The van der Waals surface area contributed by atoms with Crippen LogP contribution in [0.1, 0.15) is 32.8 Å². The van der Waals surface area contributed by atoms with Crippen molar-refractivity contribution in [1.82, 2.24) is 10.2 Å². The Morgan fingerprint density at radius 3 is 2.80 bits per heavy atom. The van der Waals surface area contributed by atoms with Gasteiger partial charge in [0.1, 0.15) is 5.82 Å². The van der Waals surface area contributed by atoms with E-state index in [1.807, 2.05) is 6.07 Å². The number of rotatable bonds is 2. The fourth-order valence-corrected chi connectivity index (χ4v) is 3.08. The van der Waals surface area contributed by atoms with Crippen LogP contribution >= 0.6 is 15.9 Å². The molecule has 20 heavy (non-hydrogen) atoms. The normalized spacial score (nSPS) is 21.8. The lowest BCUT2D eigenvalue weighted by Gasteiger charge is -2.33. The predicted molar refractivity (Wildman–Crippen MR) is 85.2 cm³/mol. The van der Waals surface area contributed by atoms with E-state index in [4.69, 9.17) is 0 Å². The van der Waals surface area contributed by atoms with Crippen LogP contribution < -0.4 is 5.32 Å². The molecule has 1 aromatic carbocycles. The maximum absolute atomic E-state index is 13.2. The van der Waals surface area contributed by atoms with Crippen molar-refractivity contribution in [1.29, 1.82) is 0 Å². The Bertz CT molecular complexity index is 456. The first-order valence-electron chi connectivity index (χ1n) is 7.26. The molecule has 1 aromatic rings. The molecular formula is C16H24BrFN2. The van der Waals surface area contributed by atoms with Gasteiger partial charge in [0.2, 0.25) is 0 Å². The minimum atomic E-state index is -0.189. The summed E-state index contributed by atoms with van der Waals surface area (Å²) in [7, 11) is 0. The second kappa shape index (κ2) is 6.54. The third-order valence-corrected chi connectivity index (χ3v) is 4.68. The number of hydrogen-bond acceptors (Lipinski definition) is 2. The highest BCUT2D eigenvalue weighted by atomic mass is 79.9.